The third-order valence-corrected chi connectivity index (χ3v) is 5.81. The van der Waals surface area contributed by atoms with Gasteiger partial charge in [0.15, 0.2) is 5.82 Å². The van der Waals surface area contributed by atoms with Crippen LogP contribution in [-0.2, 0) is 18.3 Å². The van der Waals surface area contributed by atoms with E-state index in [9.17, 15) is 9.59 Å². The molecule has 1 unspecified atom stereocenters. The Bertz CT molecular complexity index is 1150. The molecule has 1 amide bonds. The average molecular weight is 412 g/mol. The summed E-state index contributed by atoms with van der Waals surface area (Å²) in [6.07, 6.45) is 2.72. The van der Waals surface area contributed by atoms with Gasteiger partial charge in [0.25, 0.3) is 5.56 Å². The lowest BCUT2D eigenvalue weighted by molar-refractivity contribution is -0.122. The van der Waals surface area contributed by atoms with Gasteiger partial charge in [-0.15, -0.1) is 0 Å². The first-order chi connectivity index (χ1) is 14.3. The largest absolute Gasteiger partial charge is 0.344 e. The van der Waals surface area contributed by atoms with Crippen molar-refractivity contribution in [2.24, 2.45) is 13.0 Å². The molecule has 1 aliphatic carbocycles. The van der Waals surface area contributed by atoms with Gasteiger partial charge < -0.3 is 14.8 Å². The zero-order valence-corrected chi connectivity index (χ0v) is 18.1. The maximum absolute atomic E-state index is 12.7. The first-order valence-electron chi connectivity index (χ1n) is 10.4. The Kier molecular flexibility index (Phi) is 5.21. The standard InChI is InChI=1S/C21H28N6O3/c1-10(2)17(21-23-18(26-30-21)13-6-7-13)22-15(28)9-8-14-11(3)16-12(4)25-27(5)19(16)24-20(14)29/h10,13,17H,6-9H2,1-5H3,(H,22,28)(H,24,29). The summed E-state index contributed by atoms with van der Waals surface area (Å²) in [5.41, 5.74) is 2.87. The van der Waals surface area contributed by atoms with E-state index < -0.39 is 0 Å². The third kappa shape index (κ3) is 3.76. The Morgan fingerprint density at radius 3 is 2.73 bits per heavy atom. The molecule has 0 spiro atoms. The van der Waals surface area contributed by atoms with Crippen molar-refractivity contribution in [3.05, 3.63) is 38.9 Å². The minimum Gasteiger partial charge on any atom is -0.344 e. The van der Waals surface area contributed by atoms with Crippen molar-refractivity contribution < 1.29 is 9.32 Å². The fraction of sp³-hybridized carbons (Fsp3) is 0.571. The molecule has 9 nitrogen and oxygen atoms in total. The molecule has 1 aliphatic rings. The Balaban J connectivity index is 1.48. The monoisotopic (exact) mass is 412 g/mol. The van der Waals surface area contributed by atoms with Gasteiger partial charge in [0.05, 0.1) is 5.69 Å². The number of fused-ring (bicyclic) bond motifs is 1. The lowest BCUT2D eigenvalue weighted by Gasteiger charge is -2.18. The van der Waals surface area contributed by atoms with Crippen LogP contribution < -0.4 is 10.9 Å². The van der Waals surface area contributed by atoms with Crippen LogP contribution in [0.1, 0.15) is 73.6 Å². The summed E-state index contributed by atoms with van der Waals surface area (Å²) in [4.78, 5) is 32.7. The molecule has 2 N–H and O–H groups in total. The summed E-state index contributed by atoms with van der Waals surface area (Å²) in [7, 11) is 1.80. The lowest BCUT2D eigenvalue weighted by Crippen LogP contribution is -2.32. The fourth-order valence-electron chi connectivity index (χ4n) is 3.93. The third-order valence-electron chi connectivity index (χ3n) is 5.81. The Morgan fingerprint density at radius 1 is 1.33 bits per heavy atom. The van der Waals surface area contributed by atoms with E-state index >= 15 is 0 Å². The van der Waals surface area contributed by atoms with E-state index in [1.54, 1.807) is 11.7 Å². The zero-order chi connectivity index (χ0) is 21.6. The molecule has 3 heterocycles. The number of aryl methyl sites for hydroxylation is 3. The molecule has 160 valence electrons. The molecular weight excluding hydrogens is 384 g/mol. The molecule has 0 aromatic carbocycles. The van der Waals surface area contributed by atoms with Crippen LogP contribution in [0.25, 0.3) is 11.0 Å². The SMILES string of the molecule is Cc1nn(C)c2[nH]c(=O)c(CCC(=O)NC(c3nc(C4CC4)no3)C(C)C)c(C)c12. The maximum Gasteiger partial charge on any atom is 0.253 e. The van der Waals surface area contributed by atoms with Crippen LogP contribution in [-0.4, -0.2) is 30.8 Å². The van der Waals surface area contributed by atoms with Crippen LogP contribution in [0.4, 0.5) is 0 Å². The molecule has 3 aromatic rings. The van der Waals surface area contributed by atoms with Gasteiger partial charge in [-0.3, -0.25) is 14.3 Å². The highest BCUT2D eigenvalue weighted by molar-refractivity contribution is 5.83. The van der Waals surface area contributed by atoms with Crippen molar-refractivity contribution in [2.75, 3.05) is 0 Å². The molecule has 1 saturated carbocycles. The highest BCUT2D eigenvalue weighted by Crippen LogP contribution is 2.38. The van der Waals surface area contributed by atoms with Crippen LogP contribution in [0, 0.1) is 19.8 Å². The first-order valence-corrected chi connectivity index (χ1v) is 10.4. The van der Waals surface area contributed by atoms with Crippen LogP contribution in [0.5, 0.6) is 0 Å². The van der Waals surface area contributed by atoms with Gasteiger partial charge >= 0.3 is 0 Å². The number of carbonyl (C=O) groups excluding carboxylic acids is 1. The maximum atomic E-state index is 12.7. The predicted molar refractivity (Wildman–Crippen MR) is 111 cm³/mol. The number of nitrogens with one attached hydrogen (secondary N) is 2. The van der Waals surface area contributed by atoms with Gasteiger partial charge in [-0.2, -0.15) is 10.1 Å². The lowest BCUT2D eigenvalue weighted by atomic mass is 10.0. The van der Waals surface area contributed by atoms with E-state index in [-0.39, 0.29) is 29.8 Å². The van der Waals surface area contributed by atoms with Gasteiger partial charge in [-0.25, -0.2) is 0 Å². The van der Waals surface area contributed by atoms with Crippen LogP contribution >= 0.6 is 0 Å². The Labute approximate surface area is 174 Å². The predicted octanol–water partition coefficient (Wildman–Crippen LogP) is 2.58. The minimum atomic E-state index is -0.347. The second-order valence-corrected chi connectivity index (χ2v) is 8.54. The number of pyridine rings is 1. The van der Waals surface area contributed by atoms with Crippen molar-refractivity contribution in [1.82, 2.24) is 30.2 Å². The summed E-state index contributed by atoms with van der Waals surface area (Å²) in [5, 5.41) is 12.4. The second kappa shape index (κ2) is 7.70. The molecule has 3 aromatic heterocycles. The molecule has 0 radical (unpaired) electrons. The van der Waals surface area contributed by atoms with E-state index in [0.717, 1.165) is 35.3 Å². The number of rotatable bonds is 7. The molecule has 30 heavy (non-hydrogen) atoms. The molecule has 0 aliphatic heterocycles. The van der Waals surface area contributed by atoms with E-state index in [1.807, 2.05) is 27.7 Å². The van der Waals surface area contributed by atoms with Gasteiger partial charge in [-0.1, -0.05) is 19.0 Å². The van der Waals surface area contributed by atoms with Crippen LogP contribution in [0.2, 0.25) is 0 Å². The number of aromatic amines is 1. The average Bonchev–Trinajstić information content (AvgIpc) is 3.34. The van der Waals surface area contributed by atoms with Crippen molar-refractivity contribution >= 4 is 16.9 Å². The quantitative estimate of drug-likeness (QED) is 0.616. The molecule has 1 fully saturated rings. The number of hydrogen-bond acceptors (Lipinski definition) is 6. The number of nitrogens with zero attached hydrogens (tertiary/aromatic N) is 4. The van der Waals surface area contributed by atoms with Gasteiger partial charge in [0.1, 0.15) is 11.7 Å². The number of aromatic nitrogens is 5. The minimum absolute atomic E-state index is 0.0981. The number of H-pyrrole nitrogens is 1. The molecule has 0 bridgehead atoms. The van der Waals surface area contributed by atoms with Crippen LogP contribution in [0.3, 0.4) is 0 Å². The van der Waals surface area contributed by atoms with E-state index in [1.165, 1.54) is 0 Å². The summed E-state index contributed by atoms with van der Waals surface area (Å²) in [6.45, 7) is 7.83. The normalized spacial score (nSPS) is 15.1. The Morgan fingerprint density at radius 2 is 2.07 bits per heavy atom. The summed E-state index contributed by atoms with van der Waals surface area (Å²) >= 11 is 0. The van der Waals surface area contributed by atoms with Gasteiger partial charge in [0, 0.05) is 30.3 Å². The number of hydrogen-bond donors (Lipinski definition) is 2. The van der Waals surface area contributed by atoms with E-state index in [2.05, 4.69) is 25.5 Å². The topological polar surface area (TPSA) is 119 Å². The fourth-order valence-corrected chi connectivity index (χ4v) is 3.93. The molecule has 9 heteroatoms. The van der Waals surface area contributed by atoms with Gasteiger partial charge in [-0.05, 0) is 44.6 Å². The van der Waals surface area contributed by atoms with Gasteiger partial charge in [0.2, 0.25) is 11.8 Å². The Hall–Kier alpha value is -2.97. The van der Waals surface area contributed by atoms with Crippen LogP contribution in [0.15, 0.2) is 9.32 Å². The van der Waals surface area contributed by atoms with E-state index in [0.29, 0.717) is 29.4 Å². The molecule has 0 saturated heterocycles. The first kappa shape index (κ1) is 20.3. The summed E-state index contributed by atoms with van der Waals surface area (Å²) < 4.78 is 7.08. The number of amides is 1. The van der Waals surface area contributed by atoms with E-state index in [4.69, 9.17) is 4.52 Å². The summed E-state index contributed by atoms with van der Waals surface area (Å²) in [5.74, 6) is 1.52. The van der Waals surface area contributed by atoms with Crippen molar-refractivity contribution in [2.45, 2.75) is 65.3 Å². The number of carbonyl (C=O) groups is 1. The molecular formula is C21H28N6O3. The zero-order valence-electron chi connectivity index (χ0n) is 18.1. The highest BCUT2D eigenvalue weighted by Gasteiger charge is 2.31. The van der Waals surface area contributed by atoms with Crippen molar-refractivity contribution in [3.8, 4) is 0 Å². The highest BCUT2D eigenvalue weighted by atomic mass is 16.5. The smallest absolute Gasteiger partial charge is 0.253 e. The second-order valence-electron chi connectivity index (χ2n) is 8.54. The molecule has 4 rings (SSSR count). The molecule has 1 atom stereocenters. The van der Waals surface area contributed by atoms with Crippen molar-refractivity contribution in [1.29, 1.82) is 0 Å². The van der Waals surface area contributed by atoms with Crippen molar-refractivity contribution in [3.63, 3.8) is 0 Å². The summed E-state index contributed by atoms with van der Waals surface area (Å²) in [6, 6.07) is -0.347.